The smallest absolute Gasteiger partial charge is 0.0269 e. The van der Waals surface area contributed by atoms with Gasteiger partial charge in [-0.2, -0.15) is 0 Å². The van der Waals surface area contributed by atoms with E-state index in [1.165, 1.54) is 18.8 Å². The molecule has 0 aliphatic heterocycles. The highest BCUT2D eigenvalue weighted by Crippen LogP contribution is 2.16. The highest BCUT2D eigenvalue weighted by molar-refractivity contribution is 4.94. The van der Waals surface area contributed by atoms with Gasteiger partial charge in [-0.25, -0.2) is 0 Å². The van der Waals surface area contributed by atoms with E-state index in [0.717, 1.165) is 0 Å². The fourth-order valence-corrected chi connectivity index (χ4v) is 0.729. The molecule has 0 aromatic rings. The van der Waals surface area contributed by atoms with Crippen LogP contribution in [0.2, 0.25) is 0 Å². The first-order valence-corrected chi connectivity index (χ1v) is 3.27. The summed E-state index contributed by atoms with van der Waals surface area (Å²) in [5.41, 5.74) is 0. The Morgan fingerprint density at radius 3 is 1.75 bits per heavy atom. The molecule has 0 N–H and O–H groups in total. The maximum absolute atomic E-state index is 2.22. The van der Waals surface area contributed by atoms with E-state index in [0.29, 0.717) is 0 Å². The molecular formula is C8H16. The summed E-state index contributed by atoms with van der Waals surface area (Å²) in [6.07, 6.45) is 2.45. The van der Waals surface area contributed by atoms with E-state index in [-0.39, 0.29) is 0 Å². The lowest BCUT2D eigenvalue weighted by Gasteiger charge is -2.08. The highest BCUT2D eigenvalue weighted by Gasteiger charge is 2.01. The largest absolute Gasteiger partial charge is 0.0648 e. The SMILES string of the molecule is CC[C](C)C[C](C)C. The molecule has 0 saturated heterocycles. The lowest BCUT2D eigenvalue weighted by Crippen LogP contribution is -1.93. The minimum atomic E-state index is 1.22. The summed E-state index contributed by atoms with van der Waals surface area (Å²) in [5.74, 6) is 3.11. The van der Waals surface area contributed by atoms with Crippen molar-refractivity contribution in [3.8, 4) is 0 Å². The maximum Gasteiger partial charge on any atom is -0.0269 e. The van der Waals surface area contributed by atoms with E-state index in [4.69, 9.17) is 0 Å². The van der Waals surface area contributed by atoms with E-state index in [1.807, 2.05) is 0 Å². The average molecular weight is 112 g/mol. The first-order valence-electron chi connectivity index (χ1n) is 3.27. The molecule has 0 nitrogen and oxygen atoms in total. The third kappa shape index (κ3) is 4.17. The molecule has 0 amide bonds. The Kier molecular flexibility index (Phi) is 3.94. The van der Waals surface area contributed by atoms with Crippen LogP contribution in [0.15, 0.2) is 0 Å². The molecule has 0 heteroatoms. The summed E-state index contributed by atoms with van der Waals surface area (Å²) in [6, 6.07) is 0. The summed E-state index contributed by atoms with van der Waals surface area (Å²) in [5, 5.41) is 0. The fraction of sp³-hybridized carbons (Fsp3) is 0.750. The van der Waals surface area contributed by atoms with Gasteiger partial charge in [0.25, 0.3) is 0 Å². The maximum atomic E-state index is 2.22. The molecule has 0 spiro atoms. The summed E-state index contributed by atoms with van der Waals surface area (Å²) < 4.78 is 0. The van der Waals surface area contributed by atoms with Crippen molar-refractivity contribution in [1.29, 1.82) is 0 Å². The second-order valence-corrected chi connectivity index (χ2v) is 2.69. The van der Waals surface area contributed by atoms with Gasteiger partial charge in [0.2, 0.25) is 0 Å². The van der Waals surface area contributed by atoms with E-state index < -0.39 is 0 Å². The molecule has 8 heavy (non-hydrogen) atoms. The van der Waals surface area contributed by atoms with Crippen LogP contribution in [0.4, 0.5) is 0 Å². The zero-order valence-electron chi connectivity index (χ0n) is 6.41. The molecule has 0 aliphatic carbocycles. The highest BCUT2D eigenvalue weighted by atomic mass is 14.1. The van der Waals surface area contributed by atoms with Crippen LogP contribution in [0.3, 0.4) is 0 Å². The van der Waals surface area contributed by atoms with Crippen molar-refractivity contribution in [3.63, 3.8) is 0 Å². The average Bonchev–Trinajstić information content (AvgIpc) is 1.65. The Morgan fingerprint density at radius 2 is 1.62 bits per heavy atom. The van der Waals surface area contributed by atoms with Crippen LogP contribution in [-0.4, -0.2) is 0 Å². The van der Waals surface area contributed by atoms with Crippen LogP contribution in [-0.2, 0) is 0 Å². The Balaban J connectivity index is 3.10. The molecular weight excluding hydrogens is 96.1 g/mol. The van der Waals surface area contributed by atoms with Crippen molar-refractivity contribution in [1.82, 2.24) is 0 Å². The Bertz CT molecular complexity index is 46.0. The van der Waals surface area contributed by atoms with Crippen LogP contribution in [0.1, 0.15) is 40.5 Å². The summed E-state index contributed by atoms with van der Waals surface area (Å²) in [6.45, 7) is 8.78. The fourth-order valence-electron chi connectivity index (χ4n) is 0.729. The van der Waals surface area contributed by atoms with Gasteiger partial charge in [-0.3, -0.25) is 0 Å². The molecule has 2 radical (unpaired) electrons. The standard InChI is InChI=1S/C8H16/c1-5-8(4)6-7(2)3/h5-6H2,1-4H3. The van der Waals surface area contributed by atoms with E-state index in [1.54, 1.807) is 5.92 Å². The van der Waals surface area contributed by atoms with Gasteiger partial charge in [0.1, 0.15) is 0 Å². The molecule has 0 fully saturated rings. The third-order valence-corrected chi connectivity index (χ3v) is 1.26. The number of hydrogen-bond donors (Lipinski definition) is 0. The molecule has 0 aromatic heterocycles. The Morgan fingerprint density at radius 1 is 1.12 bits per heavy atom. The second-order valence-electron chi connectivity index (χ2n) is 2.69. The lowest BCUT2D eigenvalue weighted by atomic mass is 9.97. The second kappa shape index (κ2) is 3.94. The zero-order chi connectivity index (χ0) is 6.57. The van der Waals surface area contributed by atoms with Crippen molar-refractivity contribution < 1.29 is 0 Å². The molecule has 0 bridgehead atoms. The molecule has 0 atom stereocenters. The molecule has 0 heterocycles. The summed E-state index contributed by atoms with van der Waals surface area (Å²) >= 11 is 0. The van der Waals surface area contributed by atoms with E-state index in [9.17, 15) is 0 Å². The van der Waals surface area contributed by atoms with Gasteiger partial charge < -0.3 is 0 Å². The summed E-state index contributed by atoms with van der Waals surface area (Å²) in [4.78, 5) is 0. The molecule has 48 valence electrons. The Hall–Kier alpha value is 0. The first kappa shape index (κ1) is 8.00. The summed E-state index contributed by atoms with van der Waals surface area (Å²) in [7, 11) is 0. The van der Waals surface area contributed by atoms with Gasteiger partial charge in [-0.1, -0.05) is 34.1 Å². The third-order valence-electron chi connectivity index (χ3n) is 1.26. The van der Waals surface area contributed by atoms with Crippen LogP contribution >= 0.6 is 0 Å². The predicted octanol–water partition coefficient (Wildman–Crippen LogP) is 3.00. The van der Waals surface area contributed by atoms with Gasteiger partial charge >= 0.3 is 0 Å². The predicted molar refractivity (Wildman–Crippen MR) is 38.4 cm³/mol. The van der Waals surface area contributed by atoms with Crippen molar-refractivity contribution >= 4 is 0 Å². The van der Waals surface area contributed by atoms with Crippen molar-refractivity contribution in [3.05, 3.63) is 11.8 Å². The quantitative estimate of drug-likeness (QED) is 0.526. The van der Waals surface area contributed by atoms with Crippen LogP contribution < -0.4 is 0 Å². The molecule has 0 unspecified atom stereocenters. The van der Waals surface area contributed by atoms with Crippen LogP contribution in [0.25, 0.3) is 0 Å². The molecule has 0 saturated carbocycles. The van der Waals surface area contributed by atoms with Crippen molar-refractivity contribution in [2.45, 2.75) is 40.5 Å². The molecule has 0 aromatic carbocycles. The van der Waals surface area contributed by atoms with Gasteiger partial charge in [0, 0.05) is 0 Å². The van der Waals surface area contributed by atoms with Gasteiger partial charge in [0.15, 0.2) is 0 Å². The zero-order valence-corrected chi connectivity index (χ0v) is 6.41. The number of hydrogen-bond acceptors (Lipinski definition) is 0. The van der Waals surface area contributed by atoms with Crippen molar-refractivity contribution in [2.75, 3.05) is 0 Å². The lowest BCUT2D eigenvalue weighted by molar-refractivity contribution is 0.772. The normalized spacial score (nSPS) is 11.2. The van der Waals surface area contributed by atoms with Gasteiger partial charge in [-0.15, -0.1) is 0 Å². The van der Waals surface area contributed by atoms with E-state index >= 15 is 0 Å². The van der Waals surface area contributed by atoms with Gasteiger partial charge in [-0.05, 0) is 18.3 Å². The minimum absolute atomic E-state index is 1.22. The topological polar surface area (TPSA) is 0 Å². The molecule has 0 rings (SSSR count). The Labute approximate surface area is 53.3 Å². The van der Waals surface area contributed by atoms with Crippen LogP contribution in [0.5, 0.6) is 0 Å². The van der Waals surface area contributed by atoms with Gasteiger partial charge in [0.05, 0.1) is 0 Å². The van der Waals surface area contributed by atoms with E-state index in [2.05, 4.69) is 27.7 Å². The van der Waals surface area contributed by atoms with Crippen molar-refractivity contribution in [2.24, 2.45) is 0 Å². The van der Waals surface area contributed by atoms with Crippen LogP contribution in [0, 0.1) is 11.8 Å². The monoisotopic (exact) mass is 112 g/mol. The first-order chi connectivity index (χ1) is 3.66. The minimum Gasteiger partial charge on any atom is -0.0648 e. The molecule has 0 aliphatic rings. The number of rotatable bonds is 3.